The molecule has 0 spiro atoms. The third-order valence-corrected chi connectivity index (χ3v) is 6.89. The van der Waals surface area contributed by atoms with E-state index in [4.69, 9.17) is 0 Å². The molecule has 1 aliphatic heterocycles. The molecule has 0 aromatic heterocycles. The Morgan fingerprint density at radius 2 is 1.90 bits per heavy atom. The number of nitro benzene ring substituents is 1. The second-order valence-electron chi connectivity index (χ2n) is 6.86. The van der Waals surface area contributed by atoms with Gasteiger partial charge in [-0.3, -0.25) is 14.9 Å². The minimum absolute atomic E-state index is 0.0574. The van der Waals surface area contributed by atoms with E-state index in [0.29, 0.717) is 6.54 Å². The quantitative estimate of drug-likeness (QED) is 0.586. The van der Waals surface area contributed by atoms with E-state index in [2.05, 4.69) is 5.32 Å². The Hall–Kier alpha value is -2.85. The molecule has 0 aliphatic carbocycles. The maximum absolute atomic E-state index is 13.4. The van der Waals surface area contributed by atoms with Gasteiger partial charge in [0.05, 0.1) is 9.82 Å². The van der Waals surface area contributed by atoms with Crippen LogP contribution in [0, 0.1) is 15.9 Å². The number of hydrogen-bond acceptors (Lipinski definition) is 5. The summed E-state index contributed by atoms with van der Waals surface area (Å²) in [7, 11) is -3.65. The van der Waals surface area contributed by atoms with E-state index in [1.165, 1.54) is 34.6 Å². The molecule has 1 N–H and O–H groups in total. The number of benzene rings is 2. The van der Waals surface area contributed by atoms with Gasteiger partial charge in [-0.05, 0) is 56.2 Å². The van der Waals surface area contributed by atoms with Gasteiger partial charge in [0.1, 0.15) is 0 Å². The average Bonchev–Trinajstić information content (AvgIpc) is 2.69. The van der Waals surface area contributed by atoms with Crippen LogP contribution in [0.15, 0.2) is 47.4 Å². The molecule has 1 heterocycles. The average molecular weight is 421 g/mol. The summed E-state index contributed by atoms with van der Waals surface area (Å²) >= 11 is 0. The first-order valence-electron chi connectivity index (χ1n) is 9.07. The number of nitro groups is 1. The lowest BCUT2D eigenvalue weighted by molar-refractivity contribution is -0.387. The Morgan fingerprint density at radius 1 is 1.21 bits per heavy atom. The number of sulfonamides is 1. The number of amides is 1. The fourth-order valence-electron chi connectivity index (χ4n) is 3.28. The summed E-state index contributed by atoms with van der Waals surface area (Å²) < 4.78 is 40.5. The van der Waals surface area contributed by atoms with Gasteiger partial charge in [-0.2, -0.15) is 8.70 Å². The van der Waals surface area contributed by atoms with Crippen molar-refractivity contribution in [1.29, 1.82) is 0 Å². The van der Waals surface area contributed by atoms with E-state index in [-0.39, 0.29) is 22.2 Å². The Kier molecular flexibility index (Phi) is 5.94. The van der Waals surface area contributed by atoms with Gasteiger partial charge in [-0.1, -0.05) is 6.42 Å². The van der Waals surface area contributed by atoms with Crippen LogP contribution in [-0.2, 0) is 10.0 Å². The standard InChI is InChI=1S/C19H20FN3O5S/c1-13-4-2-3-11-22(13)29(27,28)16-8-5-14(6-9-16)19(24)21-15-7-10-17(20)18(12-15)23(25)26/h5-10,12-13H,2-4,11H2,1H3,(H,21,24). The molecule has 1 aliphatic rings. The van der Waals surface area contributed by atoms with Gasteiger partial charge in [0, 0.05) is 29.9 Å². The molecule has 8 nitrogen and oxygen atoms in total. The molecule has 1 amide bonds. The first-order chi connectivity index (χ1) is 13.7. The molecule has 154 valence electrons. The van der Waals surface area contributed by atoms with E-state index in [1.54, 1.807) is 0 Å². The number of carbonyl (C=O) groups is 1. The first kappa shape index (κ1) is 20.9. The third kappa shape index (κ3) is 4.43. The first-order valence-corrected chi connectivity index (χ1v) is 10.5. The number of carbonyl (C=O) groups excluding carboxylic acids is 1. The van der Waals surface area contributed by atoms with Crippen molar-refractivity contribution in [3.63, 3.8) is 0 Å². The lowest BCUT2D eigenvalue weighted by Crippen LogP contribution is -2.41. The summed E-state index contributed by atoms with van der Waals surface area (Å²) in [6.07, 6.45) is 2.62. The van der Waals surface area contributed by atoms with Gasteiger partial charge in [-0.25, -0.2) is 8.42 Å². The molecule has 1 fully saturated rings. The summed E-state index contributed by atoms with van der Waals surface area (Å²) in [4.78, 5) is 22.4. The van der Waals surface area contributed by atoms with Crippen LogP contribution < -0.4 is 5.32 Å². The minimum Gasteiger partial charge on any atom is -0.322 e. The molecule has 29 heavy (non-hydrogen) atoms. The fraction of sp³-hybridized carbons (Fsp3) is 0.316. The smallest absolute Gasteiger partial charge is 0.306 e. The SMILES string of the molecule is CC1CCCCN1S(=O)(=O)c1ccc(C(=O)Nc2ccc(F)c([N+](=O)[O-])c2)cc1. The highest BCUT2D eigenvalue weighted by Crippen LogP contribution is 2.26. The summed E-state index contributed by atoms with van der Waals surface area (Å²) in [5, 5.41) is 13.2. The zero-order valence-electron chi connectivity index (χ0n) is 15.7. The van der Waals surface area contributed by atoms with E-state index in [0.717, 1.165) is 31.4 Å². The molecule has 1 saturated heterocycles. The van der Waals surface area contributed by atoms with E-state index in [9.17, 15) is 27.7 Å². The molecule has 2 aromatic rings. The number of halogens is 1. The Labute approximate surface area is 167 Å². The lowest BCUT2D eigenvalue weighted by Gasteiger charge is -2.32. The molecule has 0 bridgehead atoms. The molecular weight excluding hydrogens is 401 g/mol. The van der Waals surface area contributed by atoms with Crippen LogP contribution in [0.5, 0.6) is 0 Å². The van der Waals surface area contributed by atoms with Crippen LogP contribution in [0.25, 0.3) is 0 Å². The van der Waals surface area contributed by atoms with Crippen molar-refractivity contribution in [2.45, 2.75) is 37.1 Å². The number of piperidine rings is 1. The van der Waals surface area contributed by atoms with Gasteiger partial charge in [0.25, 0.3) is 5.91 Å². The summed E-state index contributed by atoms with van der Waals surface area (Å²) in [5.74, 6) is -1.60. The van der Waals surface area contributed by atoms with Gasteiger partial charge in [0.15, 0.2) is 0 Å². The summed E-state index contributed by atoms with van der Waals surface area (Å²) in [6, 6.07) is 8.40. The topological polar surface area (TPSA) is 110 Å². The Morgan fingerprint density at radius 3 is 2.52 bits per heavy atom. The van der Waals surface area contributed by atoms with Crippen LogP contribution >= 0.6 is 0 Å². The Bertz CT molecular complexity index is 1040. The van der Waals surface area contributed by atoms with E-state index in [1.807, 2.05) is 6.92 Å². The maximum atomic E-state index is 13.4. The predicted octanol–water partition coefficient (Wildman–Crippen LogP) is 3.55. The number of nitrogens with zero attached hydrogens (tertiary/aromatic N) is 2. The number of hydrogen-bond donors (Lipinski definition) is 1. The second-order valence-corrected chi connectivity index (χ2v) is 8.75. The molecule has 0 radical (unpaired) electrons. The van der Waals surface area contributed by atoms with Crippen molar-refractivity contribution in [2.24, 2.45) is 0 Å². The Balaban J connectivity index is 1.77. The van der Waals surface area contributed by atoms with Crippen molar-refractivity contribution in [3.8, 4) is 0 Å². The maximum Gasteiger partial charge on any atom is 0.306 e. The van der Waals surface area contributed by atoms with Gasteiger partial charge >= 0.3 is 5.69 Å². The summed E-state index contributed by atoms with van der Waals surface area (Å²) in [5.41, 5.74) is -0.524. The van der Waals surface area contributed by atoms with Crippen molar-refractivity contribution in [3.05, 3.63) is 64.0 Å². The molecular formula is C19H20FN3O5S. The number of rotatable bonds is 5. The predicted molar refractivity (Wildman–Crippen MR) is 105 cm³/mol. The van der Waals surface area contributed by atoms with E-state index >= 15 is 0 Å². The fourth-order valence-corrected chi connectivity index (χ4v) is 4.98. The van der Waals surface area contributed by atoms with Crippen LogP contribution in [0.4, 0.5) is 15.8 Å². The van der Waals surface area contributed by atoms with Gasteiger partial charge < -0.3 is 5.32 Å². The van der Waals surface area contributed by atoms with Crippen molar-refractivity contribution in [2.75, 3.05) is 11.9 Å². The molecule has 0 saturated carbocycles. The van der Waals surface area contributed by atoms with Crippen molar-refractivity contribution in [1.82, 2.24) is 4.31 Å². The zero-order chi connectivity index (χ0) is 21.2. The summed E-state index contributed by atoms with van der Waals surface area (Å²) in [6.45, 7) is 2.34. The molecule has 3 rings (SSSR count). The molecule has 2 aromatic carbocycles. The highest BCUT2D eigenvalue weighted by molar-refractivity contribution is 7.89. The van der Waals surface area contributed by atoms with E-state index < -0.39 is 32.4 Å². The zero-order valence-corrected chi connectivity index (χ0v) is 16.5. The lowest BCUT2D eigenvalue weighted by atomic mass is 10.1. The normalized spacial score (nSPS) is 17.7. The number of nitrogens with one attached hydrogen (secondary N) is 1. The highest BCUT2D eigenvalue weighted by Gasteiger charge is 2.30. The largest absolute Gasteiger partial charge is 0.322 e. The molecule has 10 heteroatoms. The third-order valence-electron chi connectivity index (χ3n) is 4.87. The molecule has 1 atom stereocenters. The van der Waals surface area contributed by atoms with Crippen LogP contribution in [-0.4, -0.2) is 36.1 Å². The minimum atomic E-state index is -3.65. The molecule has 1 unspecified atom stereocenters. The van der Waals surface area contributed by atoms with Crippen LogP contribution in [0.2, 0.25) is 0 Å². The van der Waals surface area contributed by atoms with Crippen LogP contribution in [0.3, 0.4) is 0 Å². The van der Waals surface area contributed by atoms with Crippen molar-refractivity contribution < 1.29 is 22.5 Å². The van der Waals surface area contributed by atoms with Crippen molar-refractivity contribution >= 4 is 27.3 Å². The second kappa shape index (κ2) is 8.26. The monoisotopic (exact) mass is 421 g/mol. The number of anilines is 1. The van der Waals surface area contributed by atoms with Crippen LogP contribution in [0.1, 0.15) is 36.5 Å². The highest BCUT2D eigenvalue weighted by atomic mass is 32.2. The van der Waals surface area contributed by atoms with Gasteiger partial charge in [0.2, 0.25) is 15.8 Å². The van der Waals surface area contributed by atoms with Gasteiger partial charge in [-0.15, -0.1) is 0 Å².